The van der Waals surface area contributed by atoms with Crippen LogP contribution in [-0.4, -0.2) is 31.6 Å². The monoisotopic (exact) mass is 227 g/mol. The summed E-state index contributed by atoms with van der Waals surface area (Å²) in [5, 5.41) is 0.723. The smallest absolute Gasteiger partial charge is 0.195 e. The van der Waals surface area contributed by atoms with E-state index in [0.717, 1.165) is 5.06 Å². The van der Waals surface area contributed by atoms with Crippen LogP contribution in [0.1, 0.15) is 16.1 Å². The largest absolute Gasteiger partial charge is 0.487 e. The number of ether oxygens (including phenoxy) is 2. The molecule has 1 aliphatic rings. The average molecular weight is 227 g/mol. The molecule has 1 aromatic rings. The summed E-state index contributed by atoms with van der Waals surface area (Å²) in [6, 6.07) is 3.52. The second-order valence-corrected chi connectivity index (χ2v) is 4.66. The molecule has 0 aliphatic carbocycles. The van der Waals surface area contributed by atoms with Gasteiger partial charge in [0.05, 0.1) is 18.6 Å². The number of carbonyl (C=O) groups excluding carboxylic acids is 1. The number of Topliss-reactive ketones (excluding diaryl/α,β-unsaturated/α-hetero) is 1. The first-order valence-corrected chi connectivity index (χ1v) is 5.53. The number of hydrogen-bond acceptors (Lipinski definition) is 5. The minimum atomic E-state index is -0.837. The topological polar surface area (TPSA) is 61.5 Å². The number of nitrogens with two attached hydrogens (primary N) is 1. The molecule has 0 bridgehead atoms. The van der Waals surface area contributed by atoms with E-state index in [2.05, 4.69) is 0 Å². The van der Waals surface area contributed by atoms with Crippen molar-refractivity contribution in [3.8, 4) is 5.06 Å². The first kappa shape index (κ1) is 10.6. The number of rotatable bonds is 3. The summed E-state index contributed by atoms with van der Waals surface area (Å²) in [4.78, 5) is 12.7. The van der Waals surface area contributed by atoms with Crippen LogP contribution < -0.4 is 10.5 Å². The summed E-state index contributed by atoms with van der Waals surface area (Å²) in [6.07, 6.45) is 0.589. The summed E-state index contributed by atoms with van der Waals surface area (Å²) in [5.74, 6) is -0.0479. The van der Waals surface area contributed by atoms with Crippen molar-refractivity contribution < 1.29 is 14.3 Å². The van der Waals surface area contributed by atoms with Crippen LogP contribution in [-0.2, 0) is 4.74 Å². The highest BCUT2D eigenvalue weighted by Gasteiger charge is 2.39. The highest BCUT2D eigenvalue weighted by atomic mass is 32.1. The SMILES string of the molecule is COc1ccc(C(=O)C2(N)CCOC2)s1. The number of thiophene rings is 1. The lowest BCUT2D eigenvalue weighted by molar-refractivity contribution is 0.0867. The summed E-state index contributed by atoms with van der Waals surface area (Å²) in [6.45, 7) is 0.872. The minimum absolute atomic E-state index is 0.0479. The van der Waals surface area contributed by atoms with Gasteiger partial charge < -0.3 is 15.2 Å². The van der Waals surface area contributed by atoms with Crippen molar-refractivity contribution in [1.29, 1.82) is 0 Å². The fraction of sp³-hybridized carbons (Fsp3) is 0.500. The predicted octanol–water partition coefficient (Wildman–Crippen LogP) is 1.06. The van der Waals surface area contributed by atoms with E-state index in [0.29, 0.717) is 24.5 Å². The molecule has 2 N–H and O–H groups in total. The van der Waals surface area contributed by atoms with Gasteiger partial charge in [0.2, 0.25) is 0 Å². The lowest BCUT2D eigenvalue weighted by Gasteiger charge is -2.18. The molecule has 0 amide bonds. The Hall–Kier alpha value is -0.910. The summed E-state index contributed by atoms with van der Waals surface area (Å²) >= 11 is 1.32. The minimum Gasteiger partial charge on any atom is -0.487 e. The summed E-state index contributed by atoms with van der Waals surface area (Å²) in [5.41, 5.74) is 5.14. The molecule has 1 unspecified atom stereocenters. The quantitative estimate of drug-likeness (QED) is 0.784. The van der Waals surface area contributed by atoms with E-state index < -0.39 is 5.54 Å². The molecule has 0 aromatic carbocycles. The molecular weight excluding hydrogens is 214 g/mol. The molecule has 1 saturated heterocycles. The van der Waals surface area contributed by atoms with Crippen molar-refractivity contribution in [3.05, 3.63) is 17.0 Å². The van der Waals surface area contributed by atoms with E-state index in [-0.39, 0.29) is 5.78 Å². The predicted molar refractivity (Wildman–Crippen MR) is 57.6 cm³/mol. The van der Waals surface area contributed by atoms with Crippen LogP contribution in [0.4, 0.5) is 0 Å². The Morgan fingerprint density at radius 2 is 2.47 bits per heavy atom. The van der Waals surface area contributed by atoms with E-state index in [1.54, 1.807) is 19.2 Å². The Balaban J connectivity index is 2.19. The third kappa shape index (κ3) is 1.90. The Bertz CT molecular complexity index is 368. The molecule has 5 heteroatoms. The van der Waals surface area contributed by atoms with Crippen molar-refractivity contribution in [3.63, 3.8) is 0 Å². The van der Waals surface area contributed by atoms with Gasteiger partial charge in [-0.05, 0) is 18.6 Å². The van der Waals surface area contributed by atoms with Crippen molar-refractivity contribution in [2.75, 3.05) is 20.3 Å². The molecule has 1 fully saturated rings. The number of methoxy groups -OCH3 is 1. The maximum Gasteiger partial charge on any atom is 0.195 e. The van der Waals surface area contributed by atoms with Crippen molar-refractivity contribution in [1.82, 2.24) is 0 Å². The van der Waals surface area contributed by atoms with Crippen LogP contribution in [0.25, 0.3) is 0 Å². The second-order valence-electron chi connectivity index (χ2n) is 3.61. The van der Waals surface area contributed by atoms with Gasteiger partial charge in [-0.15, -0.1) is 0 Å². The van der Waals surface area contributed by atoms with E-state index in [1.807, 2.05) is 0 Å². The fourth-order valence-corrected chi connectivity index (χ4v) is 2.43. The molecule has 1 aromatic heterocycles. The van der Waals surface area contributed by atoms with Crippen molar-refractivity contribution >= 4 is 17.1 Å². The Morgan fingerprint density at radius 1 is 1.67 bits per heavy atom. The maximum atomic E-state index is 12.0. The molecule has 15 heavy (non-hydrogen) atoms. The highest BCUT2D eigenvalue weighted by molar-refractivity contribution is 7.15. The molecule has 2 rings (SSSR count). The van der Waals surface area contributed by atoms with Crippen molar-refractivity contribution in [2.24, 2.45) is 5.73 Å². The van der Waals surface area contributed by atoms with Crippen LogP contribution >= 0.6 is 11.3 Å². The molecule has 0 spiro atoms. The van der Waals surface area contributed by atoms with Gasteiger partial charge in [0, 0.05) is 6.61 Å². The fourth-order valence-electron chi connectivity index (χ4n) is 1.56. The highest BCUT2D eigenvalue weighted by Crippen LogP contribution is 2.29. The van der Waals surface area contributed by atoms with E-state index in [1.165, 1.54) is 11.3 Å². The van der Waals surface area contributed by atoms with Crippen LogP contribution in [0.3, 0.4) is 0 Å². The van der Waals surface area contributed by atoms with Crippen LogP contribution in [0, 0.1) is 0 Å². The van der Waals surface area contributed by atoms with E-state index >= 15 is 0 Å². The molecular formula is C10H13NO3S. The Morgan fingerprint density at radius 3 is 3.00 bits per heavy atom. The molecule has 0 radical (unpaired) electrons. The van der Waals surface area contributed by atoms with Gasteiger partial charge in [0.1, 0.15) is 5.54 Å². The van der Waals surface area contributed by atoms with Gasteiger partial charge in [-0.2, -0.15) is 0 Å². The lowest BCUT2D eigenvalue weighted by atomic mass is 9.93. The second kappa shape index (κ2) is 3.92. The standard InChI is InChI=1S/C10H13NO3S/c1-13-8-3-2-7(15-8)9(12)10(11)4-5-14-6-10/h2-3H,4-6,11H2,1H3. The van der Waals surface area contributed by atoms with Gasteiger partial charge >= 0.3 is 0 Å². The Kier molecular flexibility index (Phi) is 2.77. The van der Waals surface area contributed by atoms with Gasteiger partial charge in [0.25, 0.3) is 0 Å². The van der Waals surface area contributed by atoms with Crippen LogP contribution in [0.2, 0.25) is 0 Å². The number of hydrogen-bond donors (Lipinski definition) is 1. The maximum absolute atomic E-state index is 12.0. The zero-order valence-electron chi connectivity index (χ0n) is 8.49. The molecule has 2 heterocycles. The third-order valence-electron chi connectivity index (χ3n) is 2.51. The normalized spacial score (nSPS) is 25.5. The van der Waals surface area contributed by atoms with E-state index in [4.69, 9.17) is 15.2 Å². The lowest BCUT2D eigenvalue weighted by Crippen LogP contribution is -2.48. The van der Waals surface area contributed by atoms with Crippen LogP contribution in [0.15, 0.2) is 12.1 Å². The number of carbonyl (C=O) groups is 1. The van der Waals surface area contributed by atoms with Crippen LogP contribution in [0.5, 0.6) is 5.06 Å². The van der Waals surface area contributed by atoms with E-state index in [9.17, 15) is 4.79 Å². The van der Waals surface area contributed by atoms with Gasteiger partial charge in [0.15, 0.2) is 10.8 Å². The number of ketones is 1. The Labute approximate surface area is 92.0 Å². The summed E-state index contributed by atoms with van der Waals surface area (Å²) < 4.78 is 10.2. The zero-order chi connectivity index (χ0) is 10.9. The molecule has 4 nitrogen and oxygen atoms in total. The first-order chi connectivity index (χ1) is 7.15. The van der Waals surface area contributed by atoms with Gasteiger partial charge in [-0.1, -0.05) is 11.3 Å². The third-order valence-corrected chi connectivity index (χ3v) is 3.56. The summed E-state index contributed by atoms with van der Waals surface area (Å²) in [7, 11) is 1.58. The zero-order valence-corrected chi connectivity index (χ0v) is 9.30. The first-order valence-electron chi connectivity index (χ1n) is 4.71. The average Bonchev–Trinajstić information content (AvgIpc) is 2.85. The van der Waals surface area contributed by atoms with Gasteiger partial charge in [-0.3, -0.25) is 4.79 Å². The molecule has 82 valence electrons. The van der Waals surface area contributed by atoms with Crippen molar-refractivity contribution in [2.45, 2.75) is 12.0 Å². The molecule has 0 saturated carbocycles. The molecule has 1 aliphatic heterocycles. The van der Waals surface area contributed by atoms with Gasteiger partial charge in [-0.25, -0.2) is 0 Å². The molecule has 1 atom stereocenters.